The Kier molecular flexibility index (Phi) is 5.70. The van der Waals surface area contributed by atoms with Crippen molar-refractivity contribution in [3.05, 3.63) is 50.3 Å². The molecular formula is C17H21BrN6S. The van der Waals surface area contributed by atoms with Crippen LogP contribution in [0, 0.1) is 13.8 Å². The molecule has 3 aromatic heterocycles. The van der Waals surface area contributed by atoms with Crippen LogP contribution in [0.25, 0.3) is 5.65 Å². The highest BCUT2D eigenvalue weighted by molar-refractivity contribution is 9.10. The number of hydrogen-bond acceptors (Lipinski definition) is 4. The Labute approximate surface area is 159 Å². The minimum Gasteiger partial charge on any atom is -0.357 e. The minimum atomic E-state index is 0.523. The fourth-order valence-corrected chi connectivity index (χ4v) is 3.73. The SMILES string of the molecule is CCNC(=NCc1cn2cc(Br)ccc2n1)NCc1sc(C)nc1C. The molecule has 25 heavy (non-hydrogen) atoms. The van der Waals surface area contributed by atoms with Crippen LogP contribution in [0.15, 0.2) is 34.0 Å². The fourth-order valence-electron chi connectivity index (χ4n) is 2.50. The van der Waals surface area contributed by atoms with Crippen molar-refractivity contribution in [3.8, 4) is 0 Å². The van der Waals surface area contributed by atoms with Gasteiger partial charge >= 0.3 is 0 Å². The Morgan fingerprint density at radius 1 is 1.24 bits per heavy atom. The summed E-state index contributed by atoms with van der Waals surface area (Å²) in [5, 5.41) is 7.73. The van der Waals surface area contributed by atoms with Crippen LogP contribution in [-0.4, -0.2) is 26.9 Å². The van der Waals surface area contributed by atoms with Gasteiger partial charge in [-0.05, 0) is 48.8 Å². The average Bonchev–Trinajstić information content (AvgIpc) is 3.11. The summed E-state index contributed by atoms with van der Waals surface area (Å²) in [4.78, 5) is 14.9. The number of rotatable bonds is 5. The van der Waals surface area contributed by atoms with E-state index in [2.05, 4.69) is 48.4 Å². The molecule has 3 aromatic rings. The Morgan fingerprint density at radius 3 is 2.80 bits per heavy atom. The maximum absolute atomic E-state index is 4.64. The van der Waals surface area contributed by atoms with Crippen molar-refractivity contribution in [1.29, 1.82) is 0 Å². The second-order valence-electron chi connectivity index (χ2n) is 5.64. The van der Waals surface area contributed by atoms with Crippen LogP contribution in [0.2, 0.25) is 0 Å². The number of aromatic nitrogens is 3. The number of thiazole rings is 1. The Morgan fingerprint density at radius 2 is 2.08 bits per heavy atom. The average molecular weight is 421 g/mol. The molecule has 0 saturated heterocycles. The van der Waals surface area contributed by atoms with E-state index in [4.69, 9.17) is 0 Å². The molecule has 0 bridgehead atoms. The van der Waals surface area contributed by atoms with Crippen molar-refractivity contribution in [1.82, 2.24) is 25.0 Å². The minimum absolute atomic E-state index is 0.523. The molecule has 3 rings (SSSR count). The van der Waals surface area contributed by atoms with Crippen LogP contribution in [0.5, 0.6) is 0 Å². The van der Waals surface area contributed by atoms with Crippen LogP contribution in [0.3, 0.4) is 0 Å². The number of imidazole rings is 1. The number of guanidine groups is 1. The molecule has 0 fully saturated rings. The third-order valence-electron chi connectivity index (χ3n) is 3.62. The molecule has 0 aliphatic carbocycles. The van der Waals surface area contributed by atoms with Crippen LogP contribution >= 0.6 is 27.3 Å². The highest BCUT2D eigenvalue weighted by Gasteiger charge is 2.06. The van der Waals surface area contributed by atoms with Gasteiger partial charge in [-0.15, -0.1) is 11.3 Å². The number of pyridine rings is 1. The molecular weight excluding hydrogens is 400 g/mol. The maximum atomic E-state index is 4.64. The lowest BCUT2D eigenvalue weighted by atomic mass is 10.4. The Balaban J connectivity index is 1.69. The summed E-state index contributed by atoms with van der Waals surface area (Å²) in [5.74, 6) is 0.784. The predicted molar refractivity (Wildman–Crippen MR) is 106 cm³/mol. The molecule has 0 aromatic carbocycles. The van der Waals surface area contributed by atoms with Gasteiger partial charge in [0.15, 0.2) is 5.96 Å². The quantitative estimate of drug-likeness (QED) is 0.490. The number of nitrogens with zero attached hydrogens (tertiary/aromatic N) is 4. The maximum Gasteiger partial charge on any atom is 0.191 e. The van der Waals surface area contributed by atoms with E-state index in [9.17, 15) is 0 Å². The zero-order valence-electron chi connectivity index (χ0n) is 14.5. The smallest absolute Gasteiger partial charge is 0.191 e. The van der Waals surface area contributed by atoms with Gasteiger partial charge in [-0.1, -0.05) is 0 Å². The molecule has 0 saturated carbocycles. The molecule has 0 spiro atoms. The van der Waals surface area contributed by atoms with Gasteiger partial charge in [0.05, 0.1) is 29.5 Å². The van der Waals surface area contributed by atoms with E-state index in [0.717, 1.165) is 45.6 Å². The lowest BCUT2D eigenvalue weighted by Gasteiger charge is -2.10. The summed E-state index contributed by atoms with van der Waals surface area (Å²) in [6, 6.07) is 3.97. The van der Waals surface area contributed by atoms with Crippen molar-refractivity contribution in [2.75, 3.05) is 6.54 Å². The largest absolute Gasteiger partial charge is 0.357 e. The topological polar surface area (TPSA) is 66.6 Å². The van der Waals surface area contributed by atoms with Crippen molar-refractivity contribution in [2.24, 2.45) is 4.99 Å². The number of hydrogen-bond donors (Lipinski definition) is 2. The molecule has 6 nitrogen and oxygen atoms in total. The van der Waals surface area contributed by atoms with Gasteiger partial charge in [-0.2, -0.15) is 0 Å². The summed E-state index contributed by atoms with van der Waals surface area (Å²) in [7, 11) is 0. The zero-order valence-corrected chi connectivity index (χ0v) is 16.9. The second-order valence-corrected chi connectivity index (χ2v) is 7.84. The number of aryl methyl sites for hydroxylation is 2. The highest BCUT2D eigenvalue weighted by atomic mass is 79.9. The van der Waals surface area contributed by atoms with E-state index in [1.165, 1.54) is 4.88 Å². The van der Waals surface area contributed by atoms with Crippen LogP contribution in [0.4, 0.5) is 0 Å². The molecule has 0 atom stereocenters. The van der Waals surface area contributed by atoms with Crippen LogP contribution < -0.4 is 10.6 Å². The molecule has 0 aliphatic heterocycles. The fraction of sp³-hybridized carbons (Fsp3) is 0.353. The monoisotopic (exact) mass is 420 g/mol. The molecule has 0 amide bonds. The van der Waals surface area contributed by atoms with Gasteiger partial charge in [0.25, 0.3) is 0 Å². The summed E-state index contributed by atoms with van der Waals surface area (Å²) in [5.41, 5.74) is 2.93. The van der Waals surface area contributed by atoms with E-state index in [1.807, 2.05) is 42.8 Å². The second kappa shape index (κ2) is 7.97. The van der Waals surface area contributed by atoms with E-state index in [0.29, 0.717) is 6.54 Å². The van der Waals surface area contributed by atoms with Crippen molar-refractivity contribution in [2.45, 2.75) is 33.9 Å². The summed E-state index contributed by atoms with van der Waals surface area (Å²) >= 11 is 5.19. The third-order valence-corrected chi connectivity index (χ3v) is 5.17. The van der Waals surface area contributed by atoms with Gasteiger partial charge in [0, 0.05) is 28.3 Å². The summed E-state index contributed by atoms with van der Waals surface area (Å²) in [6.07, 6.45) is 4.00. The number of fused-ring (bicyclic) bond motifs is 1. The first-order valence-electron chi connectivity index (χ1n) is 8.13. The highest BCUT2D eigenvalue weighted by Crippen LogP contribution is 2.16. The summed E-state index contributed by atoms with van der Waals surface area (Å²) in [6.45, 7) is 8.19. The van der Waals surface area contributed by atoms with Gasteiger partial charge in [0.2, 0.25) is 0 Å². The van der Waals surface area contributed by atoms with Gasteiger partial charge < -0.3 is 15.0 Å². The first-order chi connectivity index (χ1) is 12.0. The Hall–Kier alpha value is -1.93. The van der Waals surface area contributed by atoms with Crippen molar-refractivity contribution < 1.29 is 0 Å². The third kappa shape index (κ3) is 4.58. The lowest BCUT2D eigenvalue weighted by molar-refractivity contribution is 0.816. The molecule has 3 heterocycles. The lowest BCUT2D eigenvalue weighted by Crippen LogP contribution is -2.36. The van der Waals surface area contributed by atoms with E-state index in [1.54, 1.807) is 11.3 Å². The van der Waals surface area contributed by atoms with E-state index >= 15 is 0 Å². The molecule has 2 N–H and O–H groups in total. The van der Waals surface area contributed by atoms with Crippen LogP contribution in [-0.2, 0) is 13.1 Å². The normalized spacial score (nSPS) is 11.9. The van der Waals surface area contributed by atoms with Gasteiger partial charge in [0.1, 0.15) is 5.65 Å². The molecule has 0 radical (unpaired) electrons. The van der Waals surface area contributed by atoms with Gasteiger partial charge in [-0.3, -0.25) is 0 Å². The predicted octanol–water partition coefficient (Wildman–Crippen LogP) is 3.43. The summed E-state index contributed by atoms with van der Waals surface area (Å²) < 4.78 is 3.02. The van der Waals surface area contributed by atoms with Crippen molar-refractivity contribution >= 4 is 38.9 Å². The standard InChI is InChI=1S/C17H21BrN6S/c1-4-19-17(21-8-15-11(2)22-12(3)25-15)20-7-14-10-24-9-13(18)5-6-16(24)23-14/h5-6,9-10H,4,7-8H2,1-3H3,(H2,19,20,21). The van der Waals surface area contributed by atoms with Crippen molar-refractivity contribution in [3.63, 3.8) is 0 Å². The van der Waals surface area contributed by atoms with Gasteiger partial charge in [-0.25, -0.2) is 15.0 Å². The van der Waals surface area contributed by atoms with E-state index < -0.39 is 0 Å². The first kappa shape index (κ1) is 17.9. The molecule has 132 valence electrons. The first-order valence-corrected chi connectivity index (χ1v) is 9.74. The Bertz CT molecular complexity index is 898. The molecule has 8 heteroatoms. The number of nitrogens with one attached hydrogen (secondary N) is 2. The molecule has 0 unspecified atom stereocenters. The van der Waals surface area contributed by atoms with E-state index in [-0.39, 0.29) is 0 Å². The van der Waals surface area contributed by atoms with Crippen LogP contribution in [0.1, 0.15) is 28.2 Å². The molecule has 0 aliphatic rings. The number of aliphatic imine (C=N–C) groups is 1. The number of halogens is 1. The zero-order chi connectivity index (χ0) is 17.8.